The van der Waals surface area contributed by atoms with Gasteiger partial charge in [0, 0.05) is 32.5 Å². The molecule has 112 valence electrons. The van der Waals surface area contributed by atoms with Crippen LogP contribution in [-0.4, -0.2) is 24.8 Å². The van der Waals surface area contributed by atoms with Gasteiger partial charge >= 0.3 is 0 Å². The molecule has 0 atom stereocenters. The lowest BCUT2D eigenvalue weighted by Gasteiger charge is -2.19. The number of benzene rings is 1. The summed E-state index contributed by atoms with van der Waals surface area (Å²) in [5.41, 5.74) is 8.03. The summed E-state index contributed by atoms with van der Waals surface area (Å²) in [6.45, 7) is 2.39. The Hall–Kier alpha value is -1.76. The molecule has 0 aliphatic heterocycles. The van der Waals surface area contributed by atoms with Crippen LogP contribution < -0.4 is 5.73 Å². The molecule has 1 heterocycles. The molecule has 0 aliphatic rings. The second-order valence-electron chi connectivity index (χ2n) is 4.87. The lowest BCUT2D eigenvalue weighted by molar-refractivity contribution is 0.465. The Morgan fingerprint density at radius 2 is 2.00 bits per heavy atom. The van der Waals surface area contributed by atoms with E-state index in [9.17, 15) is 8.42 Å². The molecule has 0 radical (unpaired) electrons. The standard InChI is InChI=1S/C15H19N3O2S/c1-12-14(9-16)6-3-7-15(12)21(19,20)18(2)11-13-5-4-8-17-10-13/h3-8,10H,9,11,16H2,1-2H3. The summed E-state index contributed by atoms with van der Waals surface area (Å²) < 4.78 is 26.7. The lowest BCUT2D eigenvalue weighted by Crippen LogP contribution is -2.27. The van der Waals surface area contributed by atoms with E-state index in [0.29, 0.717) is 17.0 Å². The molecule has 2 rings (SSSR count). The molecule has 1 aromatic heterocycles. The van der Waals surface area contributed by atoms with Crippen molar-refractivity contribution in [3.05, 3.63) is 59.4 Å². The van der Waals surface area contributed by atoms with Gasteiger partial charge in [0.1, 0.15) is 0 Å². The van der Waals surface area contributed by atoms with E-state index in [-0.39, 0.29) is 6.54 Å². The van der Waals surface area contributed by atoms with Gasteiger partial charge in [-0.25, -0.2) is 8.42 Å². The minimum Gasteiger partial charge on any atom is -0.326 e. The fraction of sp³-hybridized carbons (Fsp3) is 0.267. The highest BCUT2D eigenvalue weighted by atomic mass is 32.2. The van der Waals surface area contributed by atoms with E-state index in [1.807, 2.05) is 12.1 Å². The average Bonchev–Trinajstić information content (AvgIpc) is 2.48. The zero-order valence-electron chi connectivity index (χ0n) is 12.2. The van der Waals surface area contributed by atoms with E-state index < -0.39 is 10.0 Å². The highest BCUT2D eigenvalue weighted by molar-refractivity contribution is 7.89. The van der Waals surface area contributed by atoms with Crippen LogP contribution in [-0.2, 0) is 23.1 Å². The number of hydrogen-bond acceptors (Lipinski definition) is 4. The highest BCUT2D eigenvalue weighted by Crippen LogP contribution is 2.22. The third kappa shape index (κ3) is 3.29. The lowest BCUT2D eigenvalue weighted by atomic mass is 10.1. The van der Waals surface area contributed by atoms with Gasteiger partial charge in [0.15, 0.2) is 0 Å². The Labute approximate surface area is 125 Å². The summed E-state index contributed by atoms with van der Waals surface area (Å²) in [7, 11) is -1.98. The third-order valence-electron chi connectivity index (χ3n) is 3.43. The summed E-state index contributed by atoms with van der Waals surface area (Å²) in [6.07, 6.45) is 3.32. The predicted molar refractivity (Wildman–Crippen MR) is 82.0 cm³/mol. The zero-order valence-corrected chi connectivity index (χ0v) is 13.0. The van der Waals surface area contributed by atoms with Gasteiger partial charge in [-0.1, -0.05) is 18.2 Å². The molecule has 2 aromatic rings. The van der Waals surface area contributed by atoms with Crippen molar-refractivity contribution in [2.45, 2.75) is 24.9 Å². The molecule has 6 heteroatoms. The normalized spacial score (nSPS) is 11.8. The molecule has 1 aromatic carbocycles. The van der Waals surface area contributed by atoms with Gasteiger partial charge < -0.3 is 5.73 Å². The fourth-order valence-electron chi connectivity index (χ4n) is 2.16. The van der Waals surface area contributed by atoms with Crippen molar-refractivity contribution < 1.29 is 8.42 Å². The Morgan fingerprint density at radius 3 is 2.62 bits per heavy atom. The number of sulfonamides is 1. The van der Waals surface area contributed by atoms with Crippen molar-refractivity contribution in [2.75, 3.05) is 7.05 Å². The molecule has 0 bridgehead atoms. The van der Waals surface area contributed by atoms with Crippen LogP contribution in [0.25, 0.3) is 0 Å². The van der Waals surface area contributed by atoms with E-state index in [2.05, 4.69) is 4.98 Å². The highest BCUT2D eigenvalue weighted by Gasteiger charge is 2.23. The molecule has 0 aliphatic carbocycles. The molecule has 0 amide bonds. The molecule has 21 heavy (non-hydrogen) atoms. The number of hydrogen-bond donors (Lipinski definition) is 1. The predicted octanol–water partition coefficient (Wildman–Crippen LogP) is 1.67. The van der Waals surface area contributed by atoms with E-state index in [4.69, 9.17) is 5.73 Å². The fourth-order valence-corrected chi connectivity index (χ4v) is 3.59. The number of nitrogens with two attached hydrogens (primary N) is 1. The largest absolute Gasteiger partial charge is 0.326 e. The molecular formula is C15H19N3O2S. The van der Waals surface area contributed by atoms with Crippen LogP contribution in [0.3, 0.4) is 0 Å². The summed E-state index contributed by atoms with van der Waals surface area (Å²) in [5.74, 6) is 0. The average molecular weight is 305 g/mol. The first-order valence-electron chi connectivity index (χ1n) is 6.60. The Kier molecular flexibility index (Phi) is 4.72. The maximum absolute atomic E-state index is 12.7. The smallest absolute Gasteiger partial charge is 0.243 e. The number of pyridine rings is 1. The van der Waals surface area contributed by atoms with Gasteiger partial charge in [-0.05, 0) is 35.7 Å². The van der Waals surface area contributed by atoms with Crippen molar-refractivity contribution in [2.24, 2.45) is 5.73 Å². The van der Waals surface area contributed by atoms with Gasteiger partial charge in [0.05, 0.1) is 4.90 Å². The van der Waals surface area contributed by atoms with Crippen molar-refractivity contribution in [1.29, 1.82) is 0 Å². The summed E-state index contributed by atoms with van der Waals surface area (Å²) in [6, 6.07) is 8.82. The number of rotatable bonds is 5. The first-order chi connectivity index (χ1) is 9.96. The van der Waals surface area contributed by atoms with Crippen molar-refractivity contribution in [3.63, 3.8) is 0 Å². The van der Waals surface area contributed by atoms with Crippen LogP contribution in [0, 0.1) is 6.92 Å². The van der Waals surface area contributed by atoms with Crippen LogP contribution in [0.15, 0.2) is 47.6 Å². The van der Waals surface area contributed by atoms with Crippen LogP contribution in [0.1, 0.15) is 16.7 Å². The van der Waals surface area contributed by atoms with Crippen LogP contribution >= 0.6 is 0 Å². The third-order valence-corrected chi connectivity index (χ3v) is 5.38. The molecule has 0 fully saturated rings. The van der Waals surface area contributed by atoms with Gasteiger partial charge in [-0.3, -0.25) is 4.98 Å². The van der Waals surface area contributed by atoms with E-state index >= 15 is 0 Å². The molecule has 0 unspecified atom stereocenters. The molecule has 0 saturated carbocycles. The minimum absolute atomic E-state index is 0.280. The summed E-state index contributed by atoms with van der Waals surface area (Å²) in [4.78, 5) is 4.30. The topological polar surface area (TPSA) is 76.3 Å². The quantitative estimate of drug-likeness (QED) is 0.911. The Morgan fingerprint density at radius 1 is 1.24 bits per heavy atom. The second kappa shape index (κ2) is 6.34. The van der Waals surface area contributed by atoms with Crippen molar-refractivity contribution >= 4 is 10.0 Å². The number of aromatic nitrogens is 1. The Balaban J connectivity index is 2.34. The maximum atomic E-state index is 12.7. The Bertz CT molecular complexity index is 715. The summed E-state index contributed by atoms with van der Waals surface area (Å²) in [5, 5.41) is 0. The molecule has 5 nitrogen and oxygen atoms in total. The van der Waals surface area contributed by atoms with Crippen LogP contribution in [0.2, 0.25) is 0 Å². The SMILES string of the molecule is Cc1c(CN)cccc1S(=O)(=O)N(C)Cc1cccnc1. The van der Waals surface area contributed by atoms with E-state index in [1.165, 1.54) is 4.31 Å². The second-order valence-corrected chi connectivity index (χ2v) is 6.88. The monoisotopic (exact) mass is 305 g/mol. The maximum Gasteiger partial charge on any atom is 0.243 e. The number of nitrogens with zero attached hydrogens (tertiary/aromatic N) is 2. The van der Waals surface area contributed by atoms with E-state index in [0.717, 1.165) is 11.1 Å². The van der Waals surface area contributed by atoms with Crippen molar-refractivity contribution in [1.82, 2.24) is 9.29 Å². The molecule has 0 spiro atoms. The van der Waals surface area contributed by atoms with Gasteiger partial charge in [0.25, 0.3) is 0 Å². The van der Waals surface area contributed by atoms with Crippen molar-refractivity contribution in [3.8, 4) is 0 Å². The zero-order chi connectivity index (χ0) is 15.5. The van der Waals surface area contributed by atoms with Gasteiger partial charge in [0.2, 0.25) is 10.0 Å². The van der Waals surface area contributed by atoms with Gasteiger partial charge in [-0.2, -0.15) is 4.31 Å². The van der Waals surface area contributed by atoms with Crippen LogP contribution in [0.4, 0.5) is 0 Å². The van der Waals surface area contributed by atoms with E-state index in [1.54, 1.807) is 44.6 Å². The molecular weight excluding hydrogens is 286 g/mol. The summed E-state index contributed by atoms with van der Waals surface area (Å²) >= 11 is 0. The first kappa shape index (κ1) is 15.6. The minimum atomic E-state index is -3.55. The molecule has 2 N–H and O–H groups in total. The van der Waals surface area contributed by atoms with Crippen LogP contribution in [0.5, 0.6) is 0 Å². The molecule has 0 saturated heterocycles. The first-order valence-corrected chi connectivity index (χ1v) is 8.04. The van der Waals surface area contributed by atoms with Gasteiger partial charge in [-0.15, -0.1) is 0 Å².